The Bertz CT molecular complexity index is 547. The summed E-state index contributed by atoms with van der Waals surface area (Å²) in [5, 5.41) is 30.0. The maximum absolute atomic E-state index is 11.1. The first-order valence-corrected chi connectivity index (χ1v) is 10.2. The van der Waals surface area contributed by atoms with Crippen molar-refractivity contribution >= 4 is 5.97 Å². The van der Waals surface area contributed by atoms with E-state index < -0.39 is 17.7 Å². The van der Waals surface area contributed by atoms with Crippen LogP contribution < -0.4 is 5.48 Å². The Hall–Kier alpha value is -1.37. The first kappa shape index (κ1) is 21.9. The standard InChI is InChI=1S/C21H35NO5/c1-3-4-5-15(2)12-19(23)9-8-16-6-7-17-13-18(14-21(16,17)26)22-27-11-10-20(24)25/h8-9,14-17,19,22-23,26H,3-7,10-13H2,1-2H3,(H,24,25)/t15?,16-,17+,19?,21+/m0/s1. The van der Waals surface area contributed by atoms with Crippen molar-refractivity contribution in [1.82, 2.24) is 5.48 Å². The first-order chi connectivity index (χ1) is 12.8. The molecule has 0 spiro atoms. The van der Waals surface area contributed by atoms with Gasteiger partial charge in [-0.05, 0) is 43.6 Å². The Balaban J connectivity index is 1.85. The van der Waals surface area contributed by atoms with E-state index in [1.807, 2.05) is 18.2 Å². The van der Waals surface area contributed by atoms with E-state index in [0.717, 1.165) is 31.4 Å². The molecule has 0 bridgehead atoms. The van der Waals surface area contributed by atoms with Crippen LogP contribution in [0.2, 0.25) is 0 Å². The summed E-state index contributed by atoms with van der Waals surface area (Å²) in [4.78, 5) is 15.7. The average Bonchev–Trinajstić information content (AvgIpc) is 3.07. The van der Waals surface area contributed by atoms with Crippen molar-refractivity contribution in [3.8, 4) is 0 Å². The SMILES string of the molecule is CCCCC(C)CC(O)C=C[C@@H]1CC[C@@H]2CC(NOCCC(=O)O)=C[C@]21O. The molecule has 0 amide bonds. The Labute approximate surface area is 162 Å². The average molecular weight is 382 g/mol. The summed E-state index contributed by atoms with van der Waals surface area (Å²) in [6.07, 6.45) is 11.9. The smallest absolute Gasteiger partial charge is 0.305 e. The van der Waals surface area contributed by atoms with Gasteiger partial charge in [0.05, 0.1) is 24.7 Å². The highest BCUT2D eigenvalue weighted by Gasteiger charge is 2.50. The molecule has 5 atom stereocenters. The third kappa shape index (κ3) is 6.33. The van der Waals surface area contributed by atoms with Crippen LogP contribution in [-0.2, 0) is 9.63 Å². The summed E-state index contributed by atoms with van der Waals surface area (Å²) in [5.74, 6) is -0.283. The summed E-state index contributed by atoms with van der Waals surface area (Å²) in [7, 11) is 0. The minimum absolute atomic E-state index is 0.0126. The number of unbranched alkanes of at least 4 members (excludes halogenated alkanes) is 1. The number of fused-ring (bicyclic) bond motifs is 1. The van der Waals surface area contributed by atoms with Crippen LogP contribution >= 0.6 is 0 Å². The number of rotatable bonds is 12. The molecule has 0 radical (unpaired) electrons. The van der Waals surface area contributed by atoms with E-state index in [-0.39, 0.29) is 24.9 Å². The van der Waals surface area contributed by atoms with E-state index in [1.165, 1.54) is 12.8 Å². The molecule has 1 saturated carbocycles. The molecule has 6 heteroatoms. The van der Waals surface area contributed by atoms with Crippen LogP contribution in [-0.4, -0.2) is 39.6 Å². The molecule has 2 aliphatic carbocycles. The number of aliphatic carboxylic acids is 1. The van der Waals surface area contributed by atoms with Gasteiger partial charge in [-0.1, -0.05) is 45.3 Å². The molecule has 2 aliphatic rings. The number of carboxylic acid groups (broad SMARTS) is 1. The van der Waals surface area contributed by atoms with Gasteiger partial charge in [0.25, 0.3) is 0 Å². The number of hydrogen-bond acceptors (Lipinski definition) is 5. The summed E-state index contributed by atoms with van der Waals surface area (Å²) in [5.41, 5.74) is 2.68. The van der Waals surface area contributed by atoms with Crippen molar-refractivity contribution in [3.63, 3.8) is 0 Å². The number of allylic oxidation sites excluding steroid dienone is 1. The summed E-state index contributed by atoms with van der Waals surface area (Å²) in [6, 6.07) is 0. The molecular weight excluding hydrogens is 346 g/mol. The number of carboxylic acids is 1. The maximum Gasteiger partial charge on any atom is 0.305 e. The van der Waals surface area contributed by atoms with Gasteiger partial charge in [0.1, 0.15) is 0 Å². The molecule has 0 aromatic rings. The van der Waals surface area contributed by atoms with Crippen molar-refractivity contribution in [2.75, 3.05) is 6.61 Å². The Kier molecular flexibility index (Phi) is 8.32. The number of aliphatic hydroxyl groups excluding tert-OH is 1. The van der Waals surface area contributed by atoms with E-state index in [2.05, 4.69) is 19.3 Å². The molecule has 4 N–H and O–H groups in total. The molecule has 154 valence electrons. The third-order valence-corrected chi connectivity index (χ3v) is 5.83. The van der Waals surface area contributed by atoms with Crippen LogP contribution in [0.25, 0.3) is 0 Å². The van der Waals surface area contributed by atoms with Crippen molar-refractivity contribution in [2.45, 2.75) is 76.9 Å². The largest absolute Gasteiger partial charge is 0.481 e. The first-order valence-electron chi connectivity index (χ1n) is 10.2. The van der Waals surface area contributed by atoms with Crippen LogP contribution in [0.15, 0.2) is 23.9 Å². The summed E-state index contributed by atoms with van der Waals surface area (Å²) in [6.45, 7) is 4.44. The van der Waals surface area contributed by atoms with E-state index in [4.69, 9.17) is 9.94 Å². The zero-order valence-electron chi connectivity index (χ0n) is 16.6. The molecule has 27 heavy (non-hydrogen) atoms. The highest BCUT2D eigenvalue weighted by atomic mass is 16.6. The Morgan fingerprint density at radius 2 is 2.26 bits per heavy atom. The lowest BCUT2D eigenvalue weighted by Gasteiger charge is -2.26. The van der Waals surface area contributed by atoms with Crippen molar-refractivity contribution < 1.29 is 25.0 Å². The van der Waals surface area contributed by atoms with Gasteiger partial charge in [-0.25, -0.2) is 0 Å². The van der Waals surface area contributed by atoms with Gasteiger partial charge in [0.15, 0.2) is 0 Å². The molecule has 0 aromatic carbocycles. The zero-order valence-corrected chi connectivity index (χ0v) is 16.6. The van der Waals surface area contributed by atoms with E-state index in [9.17, 15) is 15.0 Å². The maximum atomic E-state index is 11.1. The van der Waals surface area contributed by atoms with Crippen LogP contribution in [0.1, 0.15) is 65.2 Å². The molecule has 0 aromatic heterocycles. The second kappa shape index (κ2) is 10.2. The normalized spacial score (nSPS) is 29.6. The number of aliphatic hydroxyl groups is 2. The Morgan fingerprint density at radius 3 is 2.96 bits per heavy atom. The monoisotopic (exact) mass is 381 g/mol. The lowest BCUT2D eigenvalue weighted by Crippen LogP contribution is -2.33. The van der Waals surface area contributed by atoms with Gasteiger partial charge < -0.3 is 15.3 Å². The summed E-state index contributed by atoms with van der Waals surface area (Å²) < 4.78 is 0. The lowest BCUT2D eigenvalue weighted by molar-refractivity contribution is -0.138. The van der Waals surface area contributed by atoms with Gasteiger partial charge in [0, 0.05) is 11.6 Å². The molecule has 0 heterocycles. The van der Waals surface area contributed by atoms with Gasteiger partial charge in [-0.3, -0.25) is 15.1 Å². The number of nitrogens with one attached hydrogen (secondary N) is 1. The minimum Gasteiger partial charge on any atom is -0.481 e. The fourth-order valence-electron chi connectivity index (χ4n) is 4.27. The quantitative estimate of drug-likeness (QED) is 0.235. The van der Waals surface area contributed by atoms with E-state index >= 15 is 0 Å². The molecule has 2 unspecified atom stereocenters. The van der Waals surface area contributed by atoms with E-state index in [1.54, 1.807) is 0 Å². The zero-order chi connectivity index (χ0) is 19.9. The second-order valence-electron chi connectivity index (χ2n) is 8.17. The van der Waals surface area contributed by atoms with Crippen molar-refractivity contribution in [3.05, 3.63) is 23.9 Å². The number of carbonyl (C=O) groups is 1. The van der Waals surface area contributed by atoms with Crippen molar-refractivity contribution in [2.24, 2.45) is 17.8 Å². The van der Waals surface area contributed by atoms with Crippen molar-refractivity contribution in [1.29, 1.82) is 0 Å². The van der Waals surface area contributed by atoms with Crippen LogP contribution in [0.4, 0.5) is 0 Å². The van der Waals surface area contributed by atoms with Crippen LogP contribution in [0, 0.1) is 17.8 Å². The summed E-state index contributed by atoms with van der Waals surface area (Å²) >= 11 is 0. The van der Waals surface area contributed by atoms with Gasteiger partial charge in [-0.15, -0.1) is 0 Å². The highest BCUT2D eigenvalue weighted by molar-refractivity contribution is 5.66. The number of hydrogen-bond donors (Lipinski definition) is 4. The van der Waals surface area contributed by atoms with Crippen LogP contribution in [0.5, 0.6) is 0 Å². The molecule has 0 saturated heterocycles. The van der Waals surface area contributed by atoms with Gasteiger partial charge >= 0.3 is 5.97 Å². The highest BCUT2D eigenvalue weighted by Crippen LogP contribution is 2.49. The minimum atomic E-state index is -0.914. The second-order valence-corrected chi connectivity index (χ2v) is 8.17. The molecular formula is C21H35NO5. The lowest BCUT2D eigenvalue weighted by atomic mass is 9.86. The predicted octanol–water partition coefficient (Wildman–Crippen LogP) is 3.16. The van der Waals surface area contributed by atoms with E-state index in [0.29, 0.717) is 12.3 Å². The fourth-order valence-corrected chi connectivity index (χ4v) is 4.27. The molecule has 6 nitrogen and oxygen atoms in total. The third-order valence-electron chi connectivity index (χ3n) is 5.83. The predicted molar refractivity (Wildman–Crippen MR) is 104 cm³/mol. The van der Waals surface area contributed by atoms with Gasteiger partial charge in [-0.2, -0.15) is 0 Å². The van der Waals surface area contributed by atoms with Crippen LogP contribution in [0.3, 0.4) is 0 Å². The molecule has 0 aliphatic heterocycles. The topological polar surface area (TPSA) is 99.0 Å². The molecule has 2 rings (SSSR count). The van der Waals surface area contributed by atoms with Gasteiger partial charge in [0.2, 0.25) is 0 Å². The molecule has 1 fully saturated rings. The Morgan fingerprint density at radius 1 is 1.48 bits per heavy atom. The number of hydroxylamine groups is 1. The fraction of sp³-hybridized carbons (Fsp3) is 0.762.